The summed E-state index contributed by atoms with van der Waals surface area (Å²) < 4.78 is 1.39. The van der Waals surface area contributed by atoms with Gasteiger partial charge in [-0.15, -0.1) is 0 Å². The molecule has 8 nitrogen and oxygen atoms in total. The number of amides is 3. The van der Waals surface area contributed by atoms with Gasteiger partial charge in [0.1, 0.15) is 5.69 Å². The Balaban J connectivity index is 1.98. The molecule has 0 bridgehead atoms. The van der Waals surface area contributed by atoms with Gasteiger partial charge in [-0.25, -0.2) is 0 Å². The van der Waals surface area contributed by atoms with Crippen molar-refractivity contribution in [2.45, 2.75) is 65.8 Å². The van der Waals surface area contributed by atoms with Gasteiger partial charge in [0.15, 0.2) is 5.88 Å². The Morgan fingerprint density at radius 2 is 1.77 bits per heavy atom. The Kier molecular flexibility index (Phi) is 8.50. The molecule has 166 valence electrons. The molecule has 1 atom stereocenters. The van der Waals surface area contributed by atoms with Gasteiger partial charge in [0.25, 0.3) is 11.8 Å². The fourth-order valence-electron chi connectivity index (χ4n) is 3.63. The van der Waals surface area contributed by atoms with Gasteiger partial charge in [0.05, 0.1) is 0 Å². The molecule has 1 aromatic rings. The Hall–Kier alpha value is -2.77. The van der Waals surface area contributed by atoms with Gasteiger partial charge < -0.3 is 15.1 Å². The van der Waals surface area contributed by atoms with Gasteiger partial charge in [0.2, 0.25) is 11.8 Å². The predicted molar refractivity (Wildman–Crippen MR) is 114 cm³/mol. The number of rotatable bonds is 12. The zero-order valence-corrected chi connectivity index (χ0v) is 18.1. The Morgan fingerprint density at radius 1 is 1.10 bits per heavy atom. The van der Waals surface area contributed by atoms with Gasteiger partial charge in [0, 0.05) is 44.3 Å². The topological polar surface area (TPSA) is 103 Å². The summed E-state index contributed by atoms with van der Waals surface area (Å²) in [6.45, 7) is 7.02. The third kappa shape index (κ3) is 5.64. The average molecular weight is 420 g/mol. The first-order chi connectivity index (χ1) is 14.3. The molecule has 2 rings (SSSR count). The maximum atomic E-state index is 12.4. The zero-order valence-electron chi connectivity index (χ0n) is 18.1. The number of carbonyl (C=O) groups excluding carboxylic acids is 3. The number of hydrogen-bond donors (Lipinski definition) is 2. The summed E-state index contributed by atoms with van der Waals surface area (Å²) in [5, 5.41) is 21.0. The highest BCUT2D eigenvalue weighted by molar-refractivity contribution is 6.12. The van der Waals surface area contributed by atoms with Crippen LogP contribution in [0.5, 0.6) is 11.8 Å². The minimum Gasteiger partial charge on any atom is -0.494 e. The Bertz CT molecular complexity index is 781. The lowest BCUT2D eigenvalue weighted by atomic mass is 10.1. The molecule has 0 radical (unpaired) electrons. The van der Waals surface area contributed by atoms with Crippen molar-refractivity contribution in [2.24, 2.45) is 5.92 Å². The molecule has 2 heterocycles. The van der Waals surface area contributed by atoms with E-state index < -0.39 is 0 Å². The molecule has 1 aliphatic rings. The highest BCUT2D eigenvalue weighted by Gasteiger charge is 2.25. The molecular weight excluding hydrogens is 386 g/mol. The molecule has 0 saturated heterocycles. The summed E-state index contributed by atoms with van der Waals surface area (Å²) in [7, 11) is 0. The van der Waals surface area contributed by atoms with E-state index in [4.69, 9.17) is 0 Å². The van der Waals surface area contributed by atoms with E-state index in [1.807, 2.05) is 6.92 Å². The first kappa shape index (κ1) is 23.5. The summed E-state index contributed by atoms with van der Waals surface area (Å²) in [4.78, 5) is 38.4. The third-order valence-electron chi connectivity index (χ3n) is 5.38. The molecule has 0 aromatic carbocycles. The van der Waals surface area contributed by atoms with Crippen LogP contribution in [0.2, 0.25) is 0 Å². The summed E-state index contributed by atoms with van der Waals surface area (Å²) in [6.07, 6.45) is 7.04. The van der Waals surface area contributed by atoms with E-state index in [2.05, 4.69) is 6.92 Å². The van der Waals surface area contributed by atoms with E-state index >= 15 is 0 Å². The third-order valence-corrected chi connectivity index (χ3v) is 5.38. The number of nitrogens with zero attached hydrogens (tertiary/aromatic N) is 3. The van der Waals surface area contributed by atoms with Crippen molar-refractivity contribution in [2.75, 3.05) is 18.0 Å². The zero-order chi connectivity index (χ0) is 22.3. The number of aromatic hydroxyl groups is 2. The van der Waals surface area contributed by atoms with Gasteiger partial charge in [-0.1, -0.05) is 33.6 Å². The molecule has 1 aromatic heterocycles. The largest absolute Gasteiger partial charge is 0.494 e. The Labute approximate surface area is 177 Å². The quantitative estimate of drug-likeness (QED) is 0.400. The minimum absolute atomic E-state index is 0.0873. The van der Waals surface area contributed by atoms with E-state index in [1.54, 1.807) is 11.8 Å². The van der Waals surface area contributed by atoms with Crippen LogP contribution in [-0.4, -0.2) is 50.5 Å². The summed E-state index contributed by atoms with van der Waals surface area (Å²) >= 11 is 0. The molecular formula is C22H33N3O5. The van der Waals surface area contributed by atoms with Crippen molar-refractivity contribution in [1.82, 2.24) is 9.47 Å². The molecule has 0 spiro atoms. The first-order valence-corrected chi connectivity index (χ1v) is 10.7. The first-order valence-electron chi connectivity index (χ1n) is 10.7. The van der Waals surface area contributed by atoms with Crippen LogP contribution in [0.4, 0.5) is 5.69 Å². The van der Waals surface area contributed by atoms with Crippen LogP contribution in [-0.2, 0) is 20.9 Å². The second-order valence-electron chi connectivity index (χ2n) is 7.84. The molecule has 0 saturated carbocycles. The second kappa shape index (κ2) is 10.8. The van der Waals surface area contributed by atoms with Gasteiger partial charge >= 0.3 is 0 Å². The Morgan fingerprint density at radius 3 is 2.37 bits per heavy atom. The van der Waals surface area contributed by atoms with Crippen molar-refractivity contribution in [3.8, 4) is 11.8 Å². The lowest BCUT2D eigenvalue weighted by Crippen LogP contribution is -2.34. The van der Waals surface area contributed by atoms with E-state index in [9.17, 15) is 24.6 Å². The number of aromatic nitrogens is 1. The summed E-state index contributed by atoms with van der Waals surface area (Å²) in [5.41, 5.74) is 0.336. The fraction of sp³-hybridized carbons (Fsp3) is 0.591. The van der Waals surface area contributed by atoms with Crippen molar-refractivity contribution in [3.63, 3.8) is 0 Å². The molecule has 0 aliphatic carbocycles. The van der Waals surface area contributed by atoms with Crippen LogP contribution < -0.4 is 4.90 Å². The molecule has 3 amide bonds. The second-order valence-corrected chi connectivity index (χ2v) is 7.84. The van der Waals surface area contributed by atoms with E-state index in [0.717, 1.165) is 19.3 Å². The number of imide groups is 1. The highest BCUT2D eigenvalue weighted by Crippen LogP contribution is 2.36. The summed E-state index contributed by atoms with van der Waals surface area (Å²) in [6, 6.07) is 1.44. The molecule has 1 aliphatic heterocycles. The standard InChI is InChI=1S/C22H33N3O5/c1-4-6-7-12-23(18(26)5-2)17-14-21(29)24(22(17)30)13-8-9-16(3)15-25-19(27)10-11-20(25)28/h10-11,14,16,29-30H,4-9,12-13,15H2,1-3H3. The molecule has 2 N–H and O–H groups in total. The van der Waals surface area contributed by atoms with Crippen LogP contribution in [0, 0.1) is 5.92 Å². The van der Waals surface area contributed by atoms with Crippen LogP contribution in [0.25, 0.3) is 0 Å². The van der Waals surface area contributed by atoms with Crippen LogP contribution >= 0.6 is 0 Å². The van der Waals surface area contributed by atoms with Crippen LogP contribution in [0.15, 0.2) is 18.2 Å². The number of anilines is 1. The smallest absolute Gasteiger partial charge is 0.253 e. The molecule has 0 fully saturated rings. The minimum atomic E-state index is -0.291. The van der Waals surface area contributed by atoms with E-state index in [-0.39, 0.29) is 35.4 Å². The highest BCUT2D eigenvalue weighted by atomic mass is 16.3. The molecule has 1 unspecified atom stereocenters. The predicted octanol–water partition coefficient (Wildman–Crippen LogP) is 3.17. The van der Waals surface area contributed by atoms with Crippen molar-refractivity contribution < 1.29 is 24.6 Å². The normalized spacial score (nSPS) is 14.6. The van der Waals surface area contributed by atoms with E-state index in [1.165, 1.54) is 27.7 Å². The number of unbranched alkanes of at least 4 members (excludes halogenated alkanes) is 2. The molecule has 8 heteroatoms. The lowest BCUT2D eigenvalue weighted by Gasteiger charge is -2.21. The van der Waals surface area contributed by atoms with Gasteiger partial charge in [-0.05, 0) is 25.2 Å². The van der Waals surface area contributed by atoms with Crippen molar-refractivity contribution in [1.29, 1.82) is 0 Å². The maximum absolute atomic E-state index is 12.4. The monoisotopic (exact) mass is 419 g/mol. The maximum Gasteiger partial charge on any atom is 0.253 e. The average Bonchev–Trinajstić information content (AvgIpc) is 3.18. The fourth-order valence-corrected chi connectivity index (χ4v) is 3.63. The summed E-state index contributed by atoms with van der Waals surface area (Å²) in [5.74, 6) is -0.798. The van der Waals surface area contributed by atoms with Gasteiger partial charge in [-0.2, -0.15) is 0 Å². The molecule has 30 heavy (non-hydrogen) atoms. The number of carbonyl (C=O) groups is 3. The lowest BCUT2D eigenvalue weighted by molar-refractivity contribution is -0.137. The SMILES string of the molecule is CCCCCN(C(=O)CC)c1cc(O)n(CCCC(C)CN2C(=O)C=CC2=O)c1O. The van der Waals surface area contributed by atoms with Crippen LogP contribution in [0.1, 0.15) is 59.3 Å². The van der Waals surface area contributed by atoms with Crippen molar-refractivity contribution >= 4 is 23.4 Å². The number of hydrogen-bond acceptors (Lipinski definition) is 5. The van der Waals surface area contributed by atoms with Crippen molar-refractivity contribution in [3.05, 3.63) is 18.2 Å². The van der Waals surface area contributed by atoms with Crippen LogP contribution in [0.3, 0.4) is 0 Å². The van der Waals surface area contributed by atoms with E-state index in [0.29, 0.717) is 44.6 Å². The van der Waals surface area contributed by atoms with Gasteiger partial charge in [-0.3, -0.25) is 23.9 Å².